The van der Waals surface area contributed by atoms with Gasteiger partial charge in [-0.1, -0.05) is 102 Å². The van der Waals surface area contributed by atoms with Gasteiger partial charge in [0.25, 0.3) is 11.8 Å². The van der Waals surface area contributed by atoms with Gasteiger partial charge in [0, 0.05) is 11.1 Å². The molecule has 54 heavy (non-hydrogen) atoms. The number of amides is 2. The van der Waals surface area contributed by atoms with Gasteiger partial charge in [0.2, 0.25) is 0 Å². The third-order valence-electron chi connectivity index (χ3n) is 8.79. The maximum absolute atomic E-state index is 13.7. The molecule has 2 atom stereocenters. The van der Waals surface area contributed by atoms with Crippen molar-refractivity contribution in [2.45, 2.75) is 17.0 Å². The number of aromatic nitrogens is 1. The molecule has 4 heterocycles. The van der Waals surface area contributed by atoms with E-state index in [0.717, 1.165) is 21.6 Å². The number of aliphatic carboxylic acids is 1. The highest BCUT2D eigenvalue weighted by Crippen LogP contribution is 2.42. The van der Waals surface area contributed by atoms with E-state index in [4.69, 9.17) is 14.2 Å². The molecule has 16 heteroatoms. The van der Waals surface area contributed by atoms with E-state index in [1.165, 1.54) is 54.5 Å². The first-order valence-corrected chi connectivity index (χ1v) is 18.3. The second kappa shape index (κ2) is 15.2. The zero-order valence-corrected chi connectivity index (χ0v) is 30.0. The van der Waals surface area contributed by atoms with Gasteiger partial charge in [-0.05, 0) is 34.4 Å². The van der Waals surface area contributed by atoms with E-state index in [2.05, 4.69) is 15.8 Å². The van der Waals surface area contributed by atoms with Crippen LogP contribution in [0.15, 0.2) is 135 Å². The summed E-state index contributed by atoms with van der Waals surface area (Å²) in [6.07, 6.45) is 2.83. The van der Waals surface area contributed by atoms with Crippen molar-refractivity contribution in [2.24, 2.45) is 5.16 Å². The second-order valence-electron chi connectivity index (χ2n) is 11.9. The number of fused-ring (bicyclic) bond motifs is 1. The molecule has 0 spiro atoms. The molecule has 2 aromatic heterocycles. The van der Waals surface area contributed by atoms with Crippen LogP contribution in [-0.2, 0) is 24.8 Å². The van der Waals surface area contributed by atoms with Gasteiger partial charge in [-0.2, -0.15) is 0 Å². The van der Waals surface area contributed by atoms with E-state index >= 15 is 0 Å². The van der Waals surface area contributed by atoms with Crippen LogP contribution in [0.25, 0.3) is 6.08 Å². The minimum atomic E-state index is -1.34. The van der Waals surface area contributed by atoms with Crippen molar-refractivity contribution >= 4 is 63.7 Å². The summed E-state index contributed by atoms with van der Waals surface area (Å²) in [6.45, 7) is 0. The summed E-state index contributed by atoms with van der Waals surface area (Å²) in [4.78, 5) is 60.7. The Hall–Kier alpha value is -6.52. The van der Waals surface area contributed by atoms with Crippen LogP contribution in [0.4, 0.5) is 11.0 Å². The van der Waals surface area contributed by atoms with Gasteiger partial charge in [-0.3, -0.25) is 24.6 Å². The summed E-state index contributed by atoms with van der Waals surface area (Å²) in [5.74, 6) is -2.86. The first-order chi connectivity index (χ1) is 26.2. The monoisotopic (exact) mass is 762 g/mol. The largest absolute Gasteiger partial charge is 0.477 e. The van der Waals surface area contributed by atoms with Crippen molar-refractivity contribution in [2.75, 3.05) is 18.2 Å². The molecular weight excluding hydrogens is 733 g/mol. The van der Waals surface area contributed by atoms with Crippen molar-refractivity contribution in [3.8, 4) is 0 Å². The summed E-state index contributed by atoms with van der Waals surface area (Å²) >= 11 is 2.51. The molecule has 0 radical (unpaired) electrons. The van der Waals surface area contributed by atoms with Crippen molar-refractivity contribution in [3.05, 3.63) is 164 Å². The minimum absolute atomic E-state index is 0.141. The molecule has 5 aromatic rings. The Bertz CT molecular complexity index is 2210. The third-order valence-corrected chi connectivity index (χ3v) is 10.8. The molecule has 2 aliphatic heterocycles. The van der Waals surface area contributed by atoms with Crippen LogP contribution < -0.4 is 10.6 Å². The summed E-state index contributed by atoms with van der Waals surface area (Å²) in [6, 6.07) is 31.4. The lowest BCUT2D eigenvalue weighted by atomic mass is 9.77. The Kier molecular flexibility index (Phi) is 10.1. The third kappa shape index (κ3) is 6.75. The highest BCUT2D eigenvalue weighted by Gasteiger charge is 2.54. The molecule has 272 valence electrons. The van der Waals surface area contributed by atoms with Crippen LogP contribution in [-0.4, -0.2) is 67.7 Å². The van der Waals surface area contributed by atoms with E-state index in [-0.39, 0.29) is 28.6 Å². The number of nitrogens with zero attached hydrogens (tertiary/aromatic N) is 4. The van der Waals surface area contributed by atoms with E-state index in [9.17, 15) is 29.6 Å². The lowest BCUT2D eigenvalue weighted by Gasteiger charge is -2.49. The molecule has 3 aromatic carbocycles. The number of anilines is 1. The van der Waals surface area contributed by atoms with Gasteiger partial charge in [0.15, 0.2) is 10.8 Å². The average Bonchev–Trinajstić information content (AvgIpc) is 3.88. The summed E-state index contributed by atoms with van der Waals surface area (Å²) in [5, 5.41) is 32.8. The Balaban J connectivity index is 1.13. The van der Waals surface area contributed by atoms with Crippen LogP contribution in [0.5, 0.6) is 0 Å². The van der Waals surface area contributed by atoms with Gasteiger partial charge < -0.3 is 25.0 Å². The fourth-order valence-electron chi connectivity index (χ4n) is 6.37. The average molecular weight is 763 g/mol. The number of carbonyl (C=O) groups is 3. The lowest BCUT2D eigenvalue weighted by molar-refractivity contribution is -0.402. The number of β-lactam (4-membered cyclic amide) rings is 1. The number of allylic oxidation sites excluding steroid dienone is 1. The number of nitrogens with one attached hydrogen (secondary N) is 2. The number of carboxylic acids is 1. The zero-order chi connectivity index (χ0) is 37.8. The lowest BCUT2D eigenvalue weighted by Crippen LogP contribution is -2.71. The molecular formula is C38H30N6O8S2. The number of furan rings is 1. The minimum Gasteiger partial charge on any atom is -0.477 e. The van der Waals surface area contributed by atoms with E-state index in [0.29, 0.717) is 10.7 Å². The highest BCUT2D eigenvalue weighted by molar-refractivity contribution is 8.00. The number of hydrogen-bond acceptors (Lipinski definition) is 12. The molecule has 1 unspecified atom stereocenters. The maximum Gasteiger partial charge on any atom is 0.433 e. The predicted molar refractivity (Wildman–Crippen MR) is 203 cm³/mol. The fourth-order valence-corrected chi connectivity index (χ4v) is 8.44. The Morgan fingerprint density at radius 2 is 1.61 bits per heavy atom. The number of thiazole rings is 1. The highest BCUT2D eigenvalue weighted by atomic mass is 32.2. The maximum atomic E-state index is 13.7. The number of hydrogen-bond donors (Lipinski definition) is 3. The Labute approximate surface area is 316 Å². The number of oxime groups is 1. The molecule has 3 N–H and O–H groups in total. The molecule has 1 fully saturated rings. The standard InChI is InChI=1S/C38H30N6O8S2/c1-51-42-30(33(45)40-31-34(46)43-32(36(47)48)23(21-53-35(31)43)17-18-27-19-20-29(52-27)44(49)50)28-22-54-37(39-28)41-38(24-11-5-2-6-12-24,25-13-7-3-8-14-25)26-15-9-4-10-16-26/h2-20,22,31,35H,21H2,1H3,(H,39,41)(H,40,45)(H,47,48)/t31?,35-/m1/s1. The SMILES string of the molecule is CON=C(C(=O)NC1C(=O)N2C(C(=O)O)=C(C=Cc3ccc([N+](=O)[O-])o3)CS[C@H]12)c1csc(NC(c2ccccc2)(c2ccccc2)c2ccccc2)n1. The predicted octanol–water partition coefficient (Wildman–Crippen LogP) is 5.85. The van der Waals surface area contributed by atoms with Crippen LogP contribution >= 0.6 is 23.1 Å². The van der Waals surface area contributed by atoms with Crippen LogP contribution in [0, 0.1) is 10.1 Å². The van der Waals surface area contributed by atoms with E-state index in [1.54, 1.807) is 5.38 Å². The Morgan fingerprint density at radius 1 is 1.00 bits per heavy atom. The zero-order valence-electron chi connectivity index (χ0n) is 28.3. The number of rotatable bonds is 13. The summed E-state index contributed by atoms with van der Waals surface area (Å²) < 4.78 is 5.12. The van der Waals surface area contributed by atoms with Crippen LogP contribution in [0.1, 0.15) is 28.1 Å². The number of carboxylic acid groups (broad SMARTS) is 1. The molecule has 0 aliphatic carbocycles. The van der Waals surface area contributed by atoms with Crippen molar-refractivity contribution < 1.29 is 33.7 Å². The van der Waals surface area contributed by atoms with Crippen LogP contribution in [0.2, 0.25) is 0 Å². The second-order valence-corrected chi connectivity index (χ2v) is 13.9. The van der Waals surface area contributed by atoms with Gasteiger partial charge in [-0.25, -0.2) is 9.78 Å². The first-order valence-electron chi connectivity index (χ1n) is 16.4. The van der Waals surface area contributed by atoms with E-state index in [1.807, 2.05) is 91.0 Å². The van der Waals surface area contributed by atoms with Gasteiger partial charge in [0.1, 0.15) is 46.1 Å². The molecule has 0 saturated carbocycles. The molecule has 1 saturated heterocycles. The van der Waals surface area contributed by atoms with Crippen molar-refractivity contribution in [3.63, 3.8) is 0 Å². The fraction of sp³-hybridized carbons (Fsp3) is 0.132. The van der Waals surface area contributed by atoms with Gasteiger partial charge in [0.05, 0.1) is 6.07 Å². The first kappa shape index (κ1) is 35.9. The quantitative estimate of drug-likeness (QED) is 0.0429. The molecule has 2 aliphatic rings. The van der Waals surface area contributed by atoms with Gasteiger partial charge in [-0.15, -0.1) is 23.1 Å². The Morgan fingerprint density at radius 3 is 2.15 bits per heavy atom. The molecule has 7 rings (SSSR count). The van der Waals surface area contributed by atoms with Crippen molar-refractivity contribution in [1.29, 1.82) is 0 Å². The molecule has 2 amide bonds. The van der Waals surface area contributed by atoms with E-state index < -0.39 is 45.5 Å². The smallest absolute Gasteiger partial charge is 0.433 e. The van der Waals surface area contributed by atoms with Crippen molar-refractivity contribution in [1.82, 2.24) is 15.2 Å². The number of nitro groups is 1. The number of carbonyl (C=O) groups excluding carboxylic acids is 2. The number of thioether (sulfide) groups is 1. The summed E-state index contributed by atoms with van der Waals surface area (Å²) in [7, 11) is 1.29. The number of benzene rings is 3. The normalized spacial score (nSPS) is 17.2. The molecule has 0 bridgehead atoms. The molecule has 14 nitrogen and oxygen atoms in total. The van der Waals surface area contributed by atoms with Gasteiger partial charge >= 0.3 is 11.9 Å². The topological polar surface area (TPSA) is 190 Å². The summed E-state index contributed by atoms with van der Waals surface area (Å²) in [5.41, 5.74) is 2.05. The van der Waals surface area contributed by atoms with Crippen LogP contribution in [0.3, 0.4) is 0 Å².